The van der Waals surface area contributed by atoms with Crippen LogP contribution < -0.4 is 16.1 Å². The topological polar surface area (TPSA) is 132 Å². The third kappa shape index (κ3) is 3.19. The molecule has 1 aromatic carbocycles. The maximum atomic E-state index is 14.7. The van der Waals surface area contributed by atoms with Gasteiger partial charge in [0.15, 0.2) is 5.88 Å². The van der Waals surface area contributed by atoms with E-state index in [2.05, 4.69) is 26.5 Å². The molecule has 4 N–H and O–H groups in total. The first kappa shape index (κ1) is 19.1. The normalized spacial score (nSPS) is 23.0. The first-order chi connectivity index (χ1) is 15.1. The molecular weight excluding hydrogens is 403 g/mol. The molecule has 4 heterocycles. The highest BCUT2D eigenvalue weighted by molar-refractivity contribution is 6.13. The van der Waals surface area contributed by atoms with E-state index in [1.165, 1.54) is 12.1 Å². The van der Waals surface area contributed by atoms with Gasteiger partial charge in [-0.05, 0) is 18.2 Å². The summed E-state index contributed by atoms with van der Waals surface area (Å²) in [5, 5.41) is 23.7. The van der Waals surface area contributed by atoms with Gasteiger partial charge in [0.25, 0.3) is 0 Å². The van der Waals surface area contributed by atoms with Crippen molar-refractivity contribution in [3.05, 3.63) is 53.0 Å². The van der Waals surface area contributed by atoms with Crippen LogP contribution in [0.3, 0.4) is 0 Å². The van der Waals surface area contributed by atoms with Crippen LogP contribution in [0.5, 0.6) is 5.75 Å². The van der Waals surface area contributed by atoms with E-state index in [0.717, 1.165) is 6.07 Å². The van der Waals surface area contributed by atoms with Crippen LogP contribution >= 0.6 is 0 Å². The molecule has 3 aliphatic heterocycles. The summed E-state index contributed by atoms with van der Waals surface area (Å²) in [5.41, 5.74) is 9.36. The fourth-order valence-electron chi connectivity index (χ4n) is 4.11. The largest absolute Gasteiger partial charge is 0.508 e. The molecule has 2 aromatic rings. The summed E-state index contributed by atoms with van der Waals surface area (Å²) in [4.78, 5) is 6.52. The zero-order valence-electron chi connectivity index (χ0n) is 16.4. The second-order valence-electron chi connectivity index (χ2n) is 7.41. The Morgan fingerprint density at radius 2 is 2.03 bits per heavy atom. The second kappa shape index (κ2) is 7.45. The van der Waals surface area contributed by atoms with Crippen LogP contribution in [0.15, 0.2) is 50.4 Å². The summed E-state index contributed by atoms with van der Waals surface area (Å²) in [7, 11) is 0. The minimum atomic E-state index is -0.690. The van der Waals surface area contributed by atoms with Crippen LogP contribution in [0, 0.1) is 23.1 Å². The molecule has 0 radical (unpaired) electrons. The van der Waals surface area contributed by atoms with Gasteiger partial charge in [0.1, 0.15) is 29.0 Å². The number of hydrogen-bond donors (Lipinski definition) is 3. The quantitative estimate of drug-likeness (QED) is 0.688. The zero-order chi connectivity index (χ0) is 21.5. The fraction of sp³-hybridized carbons (Fsp3) is 0.286. The lowest BCUT2D eigenvalue weighted by molar-refractivity contribution is 0.120. The number of aliphatic imine (C=N–C) groups is 1. The Bertz CT molecular complexity index is 1170. The van der Waals surface area contributed by atoms with Crippen LogP contribution in [0.25, 0.3) is 5.70 Å². The molecule has 0 amide bonds. The average molecular weight is 422 g/mol. The number of ether oxygens (including phenoxy) is 1. The molecule has 2 unspecified atom stereocenters. The Labute approximate surface area is 176 Å². The number of fused-ring (bicyclic) bond motifs is 1. The van der Waals surface area contributed by atoms with Crippen molar-refractivity contribution in [3.63, 3.8) is 0 Å². The summed E-state index contributed by atoms with van der Waals surface area (Å²) < 4.78 is 26.2. The van der Waals surface area contributed by atoms with Crippen LogP contribution in [0.1, 0.15) is 17.2 Å². The van der Waals surface area contributed by atoms with Gasteiger partial charge in [-0.1, -0.05) is 0 Å². The molecule has 0 bridgehead atoms. The number of phenolic OH excluding ortho intramolecular Hbond substituents is 1. The minimum absolute atomic E-state index is 0.0949. The van der Waals surface area contributed by atoms with E-state index < -0.39 is 17.7 Å². The Hall–Kier alpha value is -3.84. The lowest BCUT2D eigenvalue weighted by atomic mass is 9.79. The number of morpholine rings is 1. The standard InChI is InChI=1S/C21H19FN6O3/c22-14-9-11(29)1-2-12(14)19-13(10-23)17(18-20(24)26-27-21(18)25-19)15-3-4-16(31-15)28-5-7-30-8-6-28/h1-4,9,17-18,29H,5-8H2,(H2,24,26)(H,25,27). The molecule has 1 aromatic heterocycles. The van der Waals surface area contributed by atoms with Gasteiger partial charge < -0.3 is 24.9 Å². The number of nitrogens with two attached hydrogens (primary N) is 1. The van der Waals surface area contributed by atoms with E-state index in [-0.39, 0.29) is 28.4 Å². The van der Waals surface area contributed by atoms with E-state index in [9.17, 15) is 14.8 Å². The number of benzene rings is 1. The van der Waals surface area contributed by atoms with Crippen molar-refractivity contribution >= 4 is 23.3 Å². The molecular formula is C21H19FN6O3. The summed E-state index contributed by atoms with van der Waals surface area (Å²) in [6.07, 6.45) is 0. The van der Waals surface area contributed by atoms with Gasteiger partial charge in [0, 0.05) is 30.8 Å². The van der Waals surface area contributed by atoms with Gasteiger partial charge in [0.2, 0.25) is 0 Å². The lowest BCUT2D eigenvalue weighted by Gasteiger charge is -2.28. The number of hydrazone groups is 1. The summed E-state index contributed by atoms with van der Waals surface area (Å²) in [5.74, 6) is -0.209. The third-order valence-electron chi connectivity index (χ3n) is 5.61. The molecule has 1 fully saturated rings. The van der Waals surface area contributed by atoms with Crippen molar-refractivity contribution in [2.24, 2.45) is 21.7 Å². The predicted octanol–water partition coefficient (Wildman–Crippen LogP) is 1.88. The van der Waals surface area contributed by atoms with Crippen LogP contribution in [-0.2, 0) is 4.74 Å². The number of furan rings is 1. The van der Waals surface area contributed by atoms with Gasteiger partial charge in [0.05, 0.1) is 42.4 Å². The van der Waals surface area contributed by atoms with Crippen LogP contribution in [0.2, 0.25) is 0 Å². The number of aromatic hydroxyl groups is 1. The van der Waals surface area contributed by atoms with Gasteiger partial charge in [-0.3, -0.25) is 5.43 Å². The summed E-state index contributed by atoms with van der Waals surface area (Å²) in [6, 6.07) is 9.53. The van der Waals surface area contributed by atoms with Crippen molar-refractivity contribution in [1.29, 1.82) is 5.26 Å². The van der Waals surface area contributed by atoms with Gasteiger partial charge in [-0.15, -0.1) is 0 Å². The van der Waals surface area contributed by atoms with E-state index in [4.69, 9.17) is 14.9 Å². The highest BCUT2D eigenvalue weighted by Gasteiger charge is 2.44. The smallest absolute Gasteiger partial charge is 0.195 e. The number of halogens is 1. The zero-order valence-corrected chi connectivity index (χ0v) is 16.4. The molecule has 31 heavy (non-hydrogen) atoms. The van der Waals surface area contributed by atoms with Gasteiger partial charge >= 0.3 is 0 Å². The molecule has 9 nitrogen and oxygen atoms in total. The number of allylic oxidation sites excluding steroid dienone is 1. The summed E-state index contributed by atoms with van der Waals surface area (Å²) >= 11 is 0. The van der Waals surface area contributed by atoms with Gasteiger partial charge in [-0.2, -0.15) is 10.4 Å². The molecule has 3 aliphatic rings. The van der Waals surface area contributed by atoms with Crippen LogP contribution in [-0.4, -0.2) is 43.1 Å². The van der Waals surface area contributed by atoms with E-state index in [0.29, 0.717) is 43.8 Å². The third-order valence-corrected chi connectivity index (χ3v) is 5.61. The summed E-state index contributed by atoms with van der Waals surface area (Å²) in [6.45, 7) is 2.61. The van der Waals surface area contributed by atoms with Crippen molar-refractivity contribution in [3.8, 4) is 11.8 Å². The lowest BCUT2D eigenvalue weighted by Crippen LogP contribution is -2.37. The van der Waals surface area contributed by atoms with E-state index >= 15 is 0 Å². The number of nitrogens with zero attached hydrogens (tertiary/aromatic N) is 4. The highest BCUT2D eigenvalue weighted by atomic mass is 19.1. The number of anilines is 1. The molecule has 158 valence electrons. The molecule has 10 heteroatoms. The number of hydrogen-bond acceptors (Lipinski definition) is 9. The number of phenols is 1. The van der Waals surface area contributed by atoms with Gasteiger partial charge in [-0.25, -0.2) is 9.38 Å². The van der Waals surface area contributed by atoms with Crippen molar-refractivity contribution < 1.29 is 18.7 Å². The van der Waals surface area contributed by atoms with E-state index in [1.54, 1.807) is 6.07 Å². The average Bonchev–Trinajstić information content (AvgIpc) is 3.40. The Kier molecular flexibility index (Phi) is 4.60. The Morgan fingerprint density at radius 3 is 2.77 bits per heavy atom. The number of nitriles is 1. The first-order valence-corrected chi connectivity index (χ1v) is 9.80. The Morgan fingerprint density at radius 1 is 1.23 bits per heavy atom. The number of nitrogens with one attached hydrogen (secondary N) is 1. The minimum Gasteiger partial charge on any atom is -0.508 e. The van der Waals surface area contributed by atoms with Crippen molar-refractivity contribution in [2.45, 2.75) is 5.92 Å². The SMILES string of the molecule is N#CC1=C(c2ccc(O)cc2F)N=C2NN=C(N)C2C1c1ccc(N2CCOCC2)o1. The molecule has 2 atom stereocenters. The van der Waals surface area contributed by atoms with Crippen molar-refractivity contribution in [2.75, 3.05) is 31.2 Å². The number of amidine groups is 2. The van der Waals surface area contributed by atoms with Crippen molar-refractivity contribution in [1.82, 2.24) is 5.43 Å². The maximum Gasteiger partial charge on any atom is 0.195 e. The number of rotatable bonds is 3. The van der Waals surface area contributed by atoms with Crippen LogP contribution in [0.4, 0.5) is 10.3 Å². The monoisotopic (exact) mass is 422 g/mol. The molecule has 0 spiro atoms. The molecule has 0 aliphatic carbocycles. The Balaban J connectivity index is 1.62. The van der Waals surface area contributed by atoms with E-state index in [1.807, 2.05) is 6.07 Å². The predicted molar refractivity (Wildman–Crippen MR) is 111 cm³/mol. The first-order valence-electron chi connectivity index (χ1n) is 9.80. The fourth-order valence-corrected chi connectivity index (χ4v) is 4.11. The highest BCUT2D eigenvalue weighted by Crippen LogP contribution is 2.44. The molecule has 1 saturated heterocycles. The second-order valence-corrected chi connectivity index (χ2v) is 7.41. The maximum absolute atomic E-state index is 14.7. The molecule has 0 saturated carbocycles. The molecule has 5 rings (SSSR count).